The number of thioether (sulfide) groups is 1. The summed E-state index contributed by atoms with van der Waals surface area (Å²) in [5.41, 5.74) is 6.96. The highest BCUT2D eigenvalue weighted by molar-refractivity contribution is 8.01. The maximum Gasteiger partial charge on any atom is 0.237 e. The predicted octanol–water partition coefficient (Wildman–Crippen LogP) is 2.10. The van der Waals surface area contributed by atoms with Crippen LogP contribution >= 0.6 is 11.8 Å². The molecule has 4 N–H and O–H groups in total. The van der Waals surface area contributed by atoms with Gasteiger partial charge in [0.05, 0.1) is 11.4 Å². The van der Waals surface area contributed by atoms with Gasteiger partial charge in [-0.15, -0.1) is 11.8 Å². The van der Waals surface area contributed by atoms with Crippen molar-refractivity contribution in [3.8, 4) is 0 Å². The molecule has 1 aromatic rings. The molecule has 1 rings (SSSR count). The van der Waals surface area contributed by atoms with Crippen molar-refractivity contribution >= 4 is 29.0 Å². The highest BCUT2D eigenvalue weighted by Gasteiger charge is 2.19. The predicted molar refractivity (Wildman–Crippen MR) is 77.7 cm³/mol. The number of aliphatic hydroxyl groups is 1. The Kier molecular flexibility index (Phi) is 5.50. The first-order valence-electron chi connectivity index (χ1n) is 5.90. The number of nitrogens with two attached hydrogens (primary N) is 1. The van der Waals surface area contributed by atoms with E-state index in [0.717, 1.165) is 5.69 Å². The quantitative estimate of drug-likeness (QED) is 0.715. The summed E-state index contributed by atoms with van der Waals surface area (Å²) in [6.45, 7) is 5.46. The number of hydrogen-bond acceptors (Lipinski definition) is 4. The molecular formula is C13H20N2O2S. The van der Waals surface area contributed by atoms with Crippen LogP contribution in [0.25, 0.3) is 0 Å². The highest BCUT2D eigenvalue weighted by atomic mass is 32.2. The van der Waals surface area contributed by atoms with Crippen LogP contribution in [0.5, 0.6) is 0 Å². The van der Waals surface area contributed by atoms with E-state index in [4.69, 9.17) is 5.73 Å². The van der Waals surface area contributed by atoms with E-state index in [2.05, 4.69) is 5.32 Å². The second kappa shape index (κ2) is 6.66. The number of carbonyl (C=O) groups is 1. The van der Waals surface area contributed by atoms with Crippen LogP contribution in [-0.2, 0) is 4.79 Å². The summed E-state index contributed by atoms with van der Waals surface area (Å²) in [5, 5.41) is 12.0. The number of nitrogen functional groups attached to an aromatic ring is 1. The van der Waals surface area contributed by atoms with Gasteiger partial charge in [0, 0.05) is 16.6 Å². The number of carbonyl (C=O) groups excluding carboxylic acids is 1. The SMILES string of the molecule is CC(SC(C)C(C)O)C(=O)Nc1ccc(N)cc1. The first-order valence-corrected chi connectivity index (χ1v) is 6.84. The van der Waals surface area contributed by atoms with Crippen molar-refractivity contribution in [2.75, 3.05) is 11.1 Å². The summed E-state index contributed by atoms with van der Waals surface area (Å²) in [4.78, 5) is 11.9. The normalized spacial score (nSPS) is 15.8. The van der Waals surface area contributed by atoms with Gasteiger partial charge in [0.1, 0.15) is 0 Å². The molecule has 3 atom stereocenters. The van der Waals surface area contributed by atoms with Crippen molar-refractivity contribution in [2.45, 2.75) is 37.4 Å². The smallest absolute Gasteiger partial charge is 0.237 e. The third kappa shape index (κ3) is 4.58. The first-order chi connectivity index (χ1) is 8.40. The largest absolute Gasteiger partial charge is 0.399 e. The van der Waals surface area contributed by atoms with E-state index in [9.17, 15) is 9.90 Å². The number of aliphatic hydroxyl groups excluding tert-OH is 1. The summed E-state index contributed by atoms with van der Waals surface area (Å²) in [5.74, 6) is -0.0720. The lowest BCUT2D eigenvalue weighted by atomic mass is 10.3. The summed E-state index contributed by atoms with van der Waals surface area (Å²) < 4.78 is 0. The fourth-order valence-electron chi connectivity index (χ4n) is 1.31. The van der Waals surface area contributed by atoms with Crippen molar-refractivity contribution in [3.63, 3.8) is 0 Å². The Morgan fingerprint density at radius 1 is 1.28 bits per heavy atom. The van der Waals surface area contributed by atoms with Crippen molar-refractivity contribution in [1.82, 2.24) is 0 Å². The van der Waals surface area contributed by atoms with Gasteiger partial charge < -0.3 is 16.2 Å². The number of nitrogens with one attached hydrogen (secondary N) is 1. The average molecular weight is 268 g/mol. The lowest BCUT2D eigenvalue weighted by molar-refractivity contribution is -0.115. The van der Waals surface area contributed by atoms with Gasteiger partial charge in [-0.25, -0.2) is 0 Å². The Hall–Kier alpha value is -1.20. The zero-order valence-corrected chi connectivity index (χ0v) is 11.7. The van der Waals surface area contributed by atoms with Crippen molar-refractivity contribution in [1.29, 1.82) is 0 Å². The summed E-state index contributed by atoms with van der Waals surface area (Å²) in [7, 11) is 0. The van der Waals surface area contributed by atoms with E-state index < -0.39 is 6.10 Å². The molecule has 0 radical (unpaired) electrons. The standard InChI is InChI=1S/C13H20N2O2S/c1-8(16)9(2)18-10(3)13(17)15-12-6-4-11(14)5-7-12/h4-10,16H,14H2,1-3H3,(H,15,17). The third-order valence-electron chi connectivity index (χ3n) is 2.65. The van der Waals surface area contributed by atoms with E-state index in [1.165, 1.54) is 11.8 Å². The van der Waals surface area contributed by atoms with E-state index >= 15 is 0 Å². The molecule has 0 spiro atoms. The molecule has 1 aromatic carbocycles. The molecule has 0 aliphatic rings. The monoisotopic (exact) mass is 268 g/mol. The van der Waals surface area contributed by atoms with Crippen LogP contribution in [0.2, 0.25) is 0 Å². The van der Waals surface area contributed by atoms with Gasteiger partial charge in [0.15, 0.2) is 0 Å². The fraction of sp³-hybridized carbons (Fsp3) is 0.462. The first kappa shape index (κ1) is 14.9. The number of rotatable bonds is 5. The number of benzene rings is 1. The lowest BCUT2D eigenvalue weighted by Crippen LogP contribution is -2.27. The molecule has 0 aliphatic carbocycles. The Balaban J connectivity index is 2.52. The van der Waals surface area contributed by atoms with Gasteiger partial charge in [-0.05, 0) is 38.1 Å². The van der Waals surface area contributed by atoms with Crippen LogP contribution in [0, 0.1) is 0 Å². The molecule has 3 unspecified atom stereocenters. The number of hydrogen-bond donors (Lipinski definition) is 3. The Labute approximate surface area is 112 Å². The summed E-state index contributed by atoms with van der Waals surface area (Å²) in [6, 6.07) is 7.02. The van der Waals surface area contributed by atoms with Crippen LogP contribution < -0.4 is 11.1 Å². The maximum atomic E-state index is 11.9. The molecule has 100 valence electrons. The Bertz CT molecular complexity index is 392. The maximum absolute atomic E-state index is 11.9. The number of amides is 1. The third-order valence-corrected chi connectivity index (χ3v) is 4.09. The molecular weight excluding hydrogens is 248 g/mol. The van der Waals surface area contributed by atoms with Gasteiger partial charge in [-0.1, -0.05) is 6.92 Å². The molecule has 0 aromatic heterocycles. The summed E-state index contributed by atoms with van der Waals surface area (Å²) >= 11 is 1.45. The zero-order chi connectivity index (χ0) is 13.7. The van der Waals surface area contributed by atoms with Gasteiger partial charge in [-0.3, -0.25) is 4.79 Å². The van der Waals surface area contributed by atoms with Gasteiger partial charge >= 0.3 is 0 Å². The Morgan fingerprint density at radius 2 is 1.83 bits per heavy atom. The van der Waals surface area contributed by atoms with Crippen molar-refractivity contribution < 1.29 is 9.90 Å². The molecule has 0 heterocycles. The van der Waals surface area contributed by atoms with E-state index in [1.54, 1.807) is 31.2 Å². The zero-order valence-electron chi connectivity index (χ0n) is 10.9. The van der Waals surface area contributed by atoms with E-state index in [-0.39, 0.29) is 16.4 Å². The minimum atomic E-state index is -0.429. The Morgan fingerprint density at radius 3 is 2.33 bits per heavy atom. The molecule has 0 aliphatic heterocycles. The van der Waals surface area contributed by atoms with Crippen LogP contribution in [0.3, 0.4) is 0 Å². The second-order valence-electron chi connectivity index (χ2n) is 4.34. The van der Waals surface area contributed by atoms with Gasteiger partial charge in [-0.2, -0.15) is 0 Å². The molecule has 5 heteroatoms. The fourth-order valence-corrected chi connectivity index (χ4v) is 2.36. The van der Waals surface area contributed by atoms with Crippen LogP contribution in [-0.4, -0.2) is 27.6 Å². The van der Waals surface area contributed by atoms with Gasteiger partial charge in [0.2, 0.25) is 5.91 Å². The summed E-state index contributed by atoms with van der Waals surface area (Å²) in [6.07, 6.45) is -0.429. The molecule has 0 saturated heterocycles. The minimum absolute atomic E-state index is 0.0252. The molecule has 18 heavy (non-hydrogen) atoms. The molecule has 0 saturated carbocycles. The minimum Gasteiger partial charge on any atom is -0.399 e. The van der Waals surface area contributed by atoms with Crippen LogP contribution in [0.4, 0.5) is 11.4 Å². The molecule has 4 nitrogen and oxygen atoms in total. The van der Waals surface area contributed by atoms with Crippen LogP contribution in [0.15, 0.2) is 24.3 Å². The number of anilines is 2. The molecule has 0 fully saturated rings. The topological polar surface area (TPSA) is 75.3 Å². The highest BCUT2D eigenvalue weighted by Crippen LogP contribution is 2.21. The van der Waals surface area contributed by atoms with Gasteiger partial charge in [0.25, 0.3) is 0 Å². The molecule has 0 bridgehead atoms. The van der Waals surface area contributed by atoms with E-state index in [0.29, 0.717) is 5.69 Å². The lowest BCUT2D eigenvalue weighted by Gasteiger charge is -2.19. The molecule has 1 amide bonds. The second-order valence-corrected chi connectivity index (χ2v) is 6.06. The van der Waals surface area contributed by atoms with Crippen molar-refractivity contribution in [2.24, 2.45) is 0 Å². The van der Waals surface area contributed by atoms with Crippen LogP contribution in [0.1, 0.15) is 20.8 Å². The van der Waals surface area contributed by atoms with Crippen molar-refractivity contribution in [3.05, 3.63) is 24.3 Å². The van der Waals surface area contributed by atoms with E-state index in [1.807, 2.05) is 13.8 Å². The average Bonchev–Trinajstić information content (AvgIpc) is 2.31.